The zero-order valence-electron chi connectivity index (χ0n) is 10.3. The van der Waals surface area contributed by atoms with Gasteiger partial charge in [0.2, 0.25) is 5.95 Å². The second kappa shape index (κ2) is 4.98. The van der Waals surface area contributed by atoms with Crippen LogP contribution in [0.3, 0.4) is 0 Å². The molecular formula is C14H15N3S. The highest BCUT2D eigenvalue weighted by molar-refractivity contribution is 7.99. The Morgan fingerprint density at radius 3 is 2.78 bits per heavy atom. The first kappa shape index (κ1) is 11.5. The Labute approximate surface area is 111 Å². The highest BCUT2D eigenvalue weighted by atomic mass is 32.2. The first-order valence-corrected chi connectivity index (χ1v) is 7.11. The number of benzene rings is 1. The van der Waals surface area contributed by atoms with Crippen LogP contribution in [0.5, 0.6) is 0 Å². The normalized spacial score (nSPS) is 14.1. The molecule has 1 aliphatic rings. The Kier molecular flexibility index (Phi) is 3.19. The molecule has 4 heteroatoms. The minimum Gasteiger partial charge on any atom is -0.357 e. The fourth-order valence-electron chi connectivity index (χ4n) is 2.15. The van der Waals surface area contributed by atoms with E-state index in [1.807, 2.05) is 31.2 Å². The zero-order valence-corrected chi connectivity index (χ0v) is 11.1. The van der Waals surface area contributed by atoms with E-state index in [1.165, 1.54) is 34.6 Å². The Hall–Kier alpha value is -1.55. The van der Waals surface area contributed by atoms with Crippen LogP contribution < -0.4 is 5.32 Å². The van der Waals surface area contributed by atoms with Gasteiger partial charge in [-0.15, -0.1) is 11.8 Å². The average Bonchev–Trinajstić information content (AvgIpc) is 2.47. The fourth-order valence-corrected chi connectivity index (χ4v) is 3.17. The van der Waals surface area contributed by atoms with Gasteiger partial charge in [0.25, 0.3) is 0 Å². The van der Waals surface area contributed by atoms with Crippen LogP contribution in [0, 0.1) is 0 Å². The number of nitrogens with zero attached hydrogens (tertiary/aromatic N) is 2. The molecule has 2 aromatic rings. The summed E-state index contributed by atoms with van der Waals surface area (Å²) in [7, 11) is 1.82. The van der Waals surface area contributed by atoms with Crippen LogP contribution in [0.15, 0.2) is 35.5 Å². The van der Waals surface area contributed by atoms with Crippen molar-refractivity contribution < 1.29 is 0 Å². The van der Waals surface area contributed by atoms with Gasteiger partial charge in [-0.05, 0) is 41.9 Å². The van der Waals surface area contributed by atoms with E-state index >= 15 is 0 Å². The summed E-state index contributed by atoms with van der Waals surface area (Å²) < 4.78 is 0. The van der Waals surface area contributed by atoms with Crippen molar-refractivity contribution in [3.05, 3.63) is 36.2 Å². The molecule has 92 valence electrons. The molecule has 0 spiro atoms. The van der Waals surface area contributed by atoms with Gasteiger partial charge in [-0.25, -0.2) is 9.97 Å². The topological polar surface area (TPSA) is 37.8 Å². The minimum absolute atomic E-state index is 0.660. The molecule has 0 fully saturated rings. The molecule has 0 saturated heterocycles. The molecule has 1 aliphatic heterocycles. The molecular weight excluding hydrogens is 242 g/mol. The van der Waals surface area contributed by atoms with Crippen LogP contribution in [0.25, 0.3) is 11.1 Å². The minimum atomic E-state index is 0.660. The molecule has 18 heavy (non-hydrogen) atoms. The molecule has 0 bridgehead atoms. The maximum atomic E-state index is 4.26. The Bertz CT molecular complexity index is 551. The van der Waals surface area contributed by atoms with Crippen molar-refractivity contribution in [1.82, 2.24) is 9.97 Å². The Morgan fingerprint density at radius 2 is 2.00 bits per heavy atom. The smallest absolute Gasteiger partial charge is 0.222 e. The van der Waals surface area contributed by atoms with Crippen LogP contribution in [0.2, 0.25) is 0 Å². The lowest BCUT2D eigenvalue weighted by atomic mass is 10.0. The summed E-state index contributed by atoms with van der Waals surface area (Å²) in [6.07, 6.45) is 6.20. The summed E-state index contributed by atoms with van der Waals surface area (Å²) in [6, 6.07) is 6.66. The van der Waals surface area contributed by atoms with Gasteiger partial charge in [-0.1, -0.05) is 6.07 Å². The summed E-state index contributed by atoms with van der Waals surface area (Å²) in [6.45, 7) is 0. The number of thioether (sulfide) groups is 1. The summed E-state index contributed by atoms with van der Waals surface area (Å²) in [5.41, 5.74) is 3.74. The number of aryl methyl sites for hydroxylation is 1. The molecule has 3 nitrogen and oxygen atoms in total. The quantitative estimate of drug-likeness (QED) is 0.896. The molecule has 0 atom stereocenters. The van der Waals surface area contributed by atoms with Gasteiger partial charge >= 0.3 is 0 Å². The predicted molar refractivity (Wildman–Crippen MR) is 76.1 cm³/mol. The zero-order chi connectivity index (χ0) is 12.4. The van der Waals surface area contributed by atoms with E-state index in [9.17, 15) is 0 Å². The third-order valence-corrected chi connectivity index (χ3v) is 4.32. The summed E-state index contributed by atoms with van der Waals surface area (Å²) in [4.78, 5) is 9.94. The van der Waals surface area contributed by atoms with Gasteiger partial charge in [-0.2, -0.15) is 0 Å². The standard InChI is InChI=1S/C14H15N3S/c1-15-14-16-8-12(9-17-14)10-4-5-13-11(7-10)3-2-6-18-13/h4-5,7-9H,2-3,6H2,1H3,(H,15,16,17). The third-order valence-electron chi connectivity index (χ3n) is 3.12. The number of aromatic nitrogens is 2. The maximum Gasteiger partial charge on any atom is 0.222 e. The molecule has 2 heterocycles. The van der Waals surface area contributed by atoms with E-state index < -0.39 is 0 Å². The van der Waals surface area contributed by atoms with Crippen molar-refractivity contribution in [1.29, 1.82) is 0 Å². The summed E-state index contributed by atoms with van der Waals surface area (Å²) in [5.74, 6) is 1.90. The largest absolute Gasteiger partial charge is 0.357 e. The van der Waals surface area contributed by atoms with Gasteiger partial charge < -0.3 is 5.32 Å². The van der Waals surface area contributed by atoms with Gasteiger partial charge in [0.1, 0.15) is 0 Å². The molecule has 0 amide bonds. The number of nitrogens with one attached hydrogen (secondary N) is 1. The highest BCUT2D eigenvalue weighted by Crippen LogP contribution is 2.32. The van der Waals surface area contributed by atoms with Crippen molar-refractivity contribution in [2.24, 2.45) is 0 Å². The molecule has 1 aromatic carbocycles. The molecule has 0 aliphatic carbocycles. The lowest BCUT2D eigenvalue weighted by molar-refractivity contribution is 0.890. The highest BCUT2D eigenvalue weighted by Gasteiger charge is 2.10. The van der Waals surface area contributed by atoms with Crippen molar-refractivity contribution in [3.8, 4) is 11.1 Å². The van der Waals surface area contributed by atoms with Crippen LogP contribution in [-0.4, -0.2) is 22.8 Å². The SMILES string of the molecule is CNc1ncc(-c2ccc3c(c2)CCCS3)cn1. The predicted octanol–water partition coefficient (Wildman–Crippen LogP) is 3.22. The van der Waals surface area contributed by atoms with E-state index in [-0.39, 0.29) is 0 Å². The van der Waals surface area contributed by atoms with Gasteiger partial charge in [-0.3, -0.25) is 0 Å². The number of hydrogen-bond donors (Lipinski definition) is 1. The number of hydrogen-bond acceptors (Lipinski definition) is 4. The first-order valence-electron chi connectivity index (χ1n) is 6.13. The van der Waals surface area contributed by atoms with Crippen LogP contribution in [0.4, 0.5) is 5.95 Å². The molecule has 3 rings (SSSR count). The van der Waals surface area contributed by atoms with Gasteiger partial charge in [0.15, 0.2) is 0 Å². The Balaban J connectivity index is 1.95. The van der Waals surface area contributed by atoms with Gasteiger partial charge in [0.05, 0.1) is 0 Å². The number of anilines is 1. The van der Waals surface area contributed by atoms with E-state index in [2.05, 4.69) is 33.5 Å². The monoisotopic (exact) mass is 257 g/mol. The van der Waals surface area contributed by atoms with E-state index in [1.54, 1.807) is 0 Å². The van der Waals surface area contributed by atoms with Crippen LogP contribution in [-0.2, 0) is 6.42 Å². The van der Waals surface area contributed by atoms with E-state index in [4.69, 9.17) is 0 Å². The van der Waals surface area contributed by atoms with Crippen molar-refractivity contribution in [2.45, 2.75) is 17.7 Å². The number of fused-ring (bicyclic) bond motifs is 1. The first-order chi connectivity index (χ1) is 8.86. The Morgan fingerprint density at radius 1 is 1.17 bits per heavy atom. The second-order valence-electron chi connectivity index (χ2n) is 4.32. The van der Waals surface area contributed by atoms with Gasteiger partial charge in [0, 0.05) is 29.9 Å². The van der Waals surface area contributed by atoms with E-state index in [0.29, 0.717) is 5.95 Å². The fraction of sp³-hybridized carbons (Fsp3) is 0.286. The van der Waals surface area contributed by atoms with Crippen molar-refractivity contribution in [2.75, 3.05) is 18.1 Å². The van der Waals surface area contributed by atoms with Crippen molar-refractivity contribution in [3.63, 3.8) is 0 Å². The summed E-state index contributed by atoms with van der Waals surface area (Å²) >= 11 is 1.96. The molecule has 1 N–H and O–H groups in total. The number of rotatable bonds is 2. The molecule has 0 saturated carbocycles. The second-order valence-corrected chi connectivity index (χ2v) is 5.46. The lowest BCUT2D eigenvalue weighted by Gasteiger charge is -2.16. The molecule has 0 unspecified atom stereocenters. The maximum absolute atomic E-state index is 4.26. The molecule has 0 radical (unpaired) electrons. The average molecular weight is 257 g/mol. The van der Waals surface area contributed by atoms with E-state index in [0.717, 1.165) is 5.56 Å². The van der Waals surface area contributed by atoms with Crippen LogP contribution >= 0.6 is 11.8 Å². The summed E-state index contributed by atoms with van der Waals surface area (Å²) in [5, 5.41) is 2.93. The third kappa shape index (κ3) is 2.20. The molecule has 1 aromatic heterocycles. The van der Waals surface area contributed by atoms with Crippen molar-refractivity contribution >= 4 is 17.7 Å². The van der Waals surface area contributed by atoms with Crippen LogP contribution in [0.1, 0.15) is 12.0 Å². The lowest BCUT2D eigenvalue weighted by Crippen LogP contribution is -1.99.